The lowest BCUT2D eigenvalue weighted by atomic mass is 9.99. The molecule has 0 saturated heterocycles. The second kappa shape index (κ2) is 8.72. The third-order valence-electron chi connectivity index (χ3n) is 5.65. The highest BCUT2D eigenvalue weighted by Crippen LogP contribution is 2.28. The predicted octanol–water partition coefficient (Wildman–Crippen LogP) is 5.77. The van der Waals surface area contributed by atoms with Crippen LogP contribution >= 0.6 is 11.6 Å². The fourth-order valence-electron chi connectivity index (χ4n) is 4.02. The van der Waals surface area contributed by atoms with E-state index in [2.05, 4.69) is 16.0 Å². The van der Waals surface area contributed by atoms with Gasteiger partial charge in [-0.3, -0.25) is 4.79 Å². The van der Waals surface area contributed by atoms with E-state index >= 15 is 0 Å². The summed E-state index contributed by atoms with van der Waals surface area (Å²) in [7, 11) is 0. The minimum absolute atomic E-state index is 0.188. The van der Waals surface area contributed by atoms with E-state index in [4.69, 9.17) is 21.3 Å². The number of H-pyrrole nitrogens is 1. The number of para-hydroxylation sites is 1. The lowest BCUT2D eigenvalue weighted by Crippen LogP contribution is -2.15. The zero-order chi connectivity index (χ0) is 23.8. The zero-order valence-corrected chi connectivity index (χ0v) is 19.3. The molecular weight excluding hydrogens is 450 g/mol. The standard InChI is InChI=1S/C27H20ClN3O3/c1-15-7-9-18(16(2)11-15)24-13-21(19-5-3-4-6-22(19)29-24)27(33)34-14-25-30-23-12-17(28)8-10-20(23)26(32)31-25/h3-13H,14H2,1-2H3,(H,30,31,32). The first kappa shape index (κ1) is 21.8. The summed E-state index contributed by atoms with van der Waals surface area (Å²) >= 11 is 6.03. The molecule has 34 heavy (non-hydrogen) atoms. The number of aryl methyl sites for hydroxylation is 2. The summed E-state index contributed by atoms with van der Waals surface area (Å²) in [5.41, 5.74) is 5.06. The SMILES string of the molecule is Cc1ccc(-c2cc(C(=O)OCc3nc4cc(Cl)ccc4c(=O)[nH]3)c3ccccc3n2)c(C)c1. The lowest BCUT2D eigenvalue weighted by Gasteiger charge is -2.12. The highest BCUT2D eigenvalue weighted by Gasteiger charge is 2.17. The summed E-state index contributed by atoms with van der Waals surface area (Å²) in [5, 5.41) is 1.57. The van der Waals surface area contributed by atoms with Gasteiger partial charge in [-0.2, -0.15) is 0 Å². The summed E-state index contributed by atoms with van der Waals surface area (Å²) in [4.78, 5) is 37.4. The van der Waals surface area contributed by atoms with E-state index in [1.165, 1.54) is 0 Å². The molecule has 7 heteroatoms. The average molecular weight is 470 g/mol. The van der Waals surface area contributed by atoms with Gasteiger partial charge < -0.3 is 9.72 Å². The van der Waals surface area contributed by atoms with E-state index < -0.39 is 5.97 Å². The molecule has 0 radical (unpaired) electrons. The molecular formula is C27H20ClN3O3. The number of nitrogens with one attached hydrogen (secondary N) is 1. The minimum Gasteiger partial charge on any atom is -0.454 e. The molecule has 1 N–H and O–H groups in total. The van der Waals surface area contributed by atoms with Gasteiger partial charge in [0.2, 0.25) is 0 Å². The first-order chi connectivity index (χ1) is 16.4. The Bertz CT molecular complexity index is 1640. The Morgan fingerprint density at radius 1 is 0.941 bits per heavy atom. The van der Waals surface area contributed by atoms with Crippen molar-refractivity contribution in [2.24, 2.45) is 0 Å². The fourth-order valence-corrected chi connectivity index (χ4v) is 4.19. The van der Waals surface area contributed by atoms with E-state index in [0.717, 1.165) is 16.7 Å². The summed E-state index contributed by atoms with van der Waals surface area (Å²) in [6.07, 6.45) is 0. The number of hydrogen-bond donors (Lipinski definition) is 1. The molecule has 3 aromatic carbocycles. The number of halogens is 1. The summed E-state index contributed by atoms with van der Waals surface area (Å²) in [5.74, 6) is -0.292. The summed E-state index contributed by atoms with van der Waals surface area (Å²) in [6.45, 7) is 3.86. The first-order valence-corrected chi connectivity index (χ1v) is 11.1. The van der Waals surface area contributed by atoms with Crippen LogP contribution in [0, 0.1) is 13.8 Å². The monoisotopic (exact) mass is 469 g/mol. The maximum Gasteiger partial charge on any atom is 0.339 e. The Hall–Kier alpha value is -4.03. The molecule has 5 rings (SSSR count). The maximum atomic E-state index is 13.2. The van der Waals surface area contributed by atoms with Crippen LogP contribution in [0.15, 0.2) is 71.5 Å². The molecule has 2 heterocycles. The molecule has 0 aliphatic heterocycles. The van der Waals surface area contributed by atoms with E-state index in [-0.39, 0.29) is 18.0 Å². The first-order valence-electron chi connectivity index (χ1n) is 10.7. The number of hydrogen-bond acceptors (Lipinski definition) is 5. The van der Waals surface area contributed by atoms with Gasteiger partial charge in [0.15, 0.2) is 0 Å². The number of fused-ring (bicyclic) bond motifs is 2. The van der Waals surface area contributed by atoms with Crippen molar-refractivity contribution in [3.8, 4) is 11.3 Å². The predicted molar refractivity (Wildman–Crippen MR) is 133 cm³/mol. The molecule has 0 bridgehead atoms. The number of pyridine rings is 1. The molecule has 168 valence electrons. The molecule has 0 aliphatic carbocycles. The topological polar surface area (TPSA) is 84.9 Å². The molecule has 0 unspecified atom stereocenters. The van der Waals surface area contributed by atoms with Crippen LogP contribution in [0.5, 0.6) is 0 Å². The normalized spacial score (nSPS) is 11.1. The van der Waals surface area contributed by atoms with E-state index in [0.29, 0.717) is 38.1 Å². The van der Waals surface area contributed by atoms with Crippen LogP contribution in [0.1, 0.15) is 27.3 Å². The number of aromatic nitrogens is 3. The van der Waals surface area contributed by atoms with Gasteiger partial charge >= 0.3 is 5.97 Å². The molecule has 0 fully saturated rings. The Morgan fingerprint density at radius 3 is 2.59 bits per heavy atom. The molecule has 0 amide bonds. The highest BCUT2D eigenvalue weighted by molar-refractivity contribution is 6.31. The van der Waals surface area contributed by atoms with Gasteiger partial charge in [-0.1, -0.05) is 53.6 Å². The van der Waals surface area contributed by atoms with E-state index in [1.807, 2.05) is 50.2 Å². The van der Waals surface area contributed by atoms with Gasteiger partial charge in [-0.05, 0) is 49.7 Å². The van der Waals surface area contributed by atoms with E-state index in [1.54, 1.807) is 24.3 Å². The van der Waals surface area contributed by atoms with Gasteiger partial charge in [0.05, 0.1) is 27.7 Å². The van der Waals surface area contributed by atoms with Crippen molar-refractivity contribution in [3.05, 3.63) is 105 Å². The van der Waals surface area contributed by atoms with Crippen molar-refractivity contribution in [3.63, 3.8) is 0 Å². The third kappa shape index (κ3) is 4.16. The number of rotatable bonds is 4. The number of aromatic amines is 1. The number of carbonyl (C=O) groups excluding carboxylic acids is 1. The van der Waals surface area contributed by atoms with Crippen LogP contribution in [0.2, 0.25) is 5.02 Å². The van der Waals surface area contributed by atoms with Crippen molar-refractivity contribution in [1.29, 1.82) is 0 Å². The third-order valence-corrected chi connectivity index (χ3v) is 5.89. The molecule has 0 saturated carbocycles. The lowest BCUT2D eigenvalue weighted by molar-refractivity contribution is 0.0464. The molecule has 0 aliphatic rings. The number of carbonyl (C=O) groups is 1. The van der Waals surface area contributed by atoms with Gasteiger partial charge in [0.25, 0.3) is 5.56 Å². The molecule has 0 spiro atoms. The number of ether oxygens (including phenoxy) is 1. The fraction of sp³-hybridized carbons (Fsp3) is 0.111. The van der Waals surface area contributed by atoms with Gasteiger partial charge in [-0.15, -0.1) is 0 Å². The Labute approximate surface area is 200 Å². The second-order valence-corrected chi connectivity index (χ2v) is 8.58. The van der Waals surface area contributed by atoms with Crippen LogP contribution in [0.3, 0.4) is 0 Å². The summed E-state index contributed by atoms with van der Waals surface area (Å²) in [6, 6.07) is 20.1. The second-order valence-electron chi connectivity index (χ2n) is 8.14. The van der Waals surface area contributed by atoms with Gasteiger partial charge in [0.1, 0.15) is 12.4 Å². The quantitative estimate of drug-likeness (QED) is 0.338. The van der Waals surface area contributed by atoms with Crippen LogP contribution < -0.4 is 5.56 Å². The molecule has 6 nitrogen and oxygen atoms in total. The molecule has 0 atom stereocenters. The molecule has 5 aromatic rings. The van der Waals surface area contributed by atoms with Gasteiger partial charge in [0, 0.05) is 16.0 Å². The maximum absolute atomic E-state index is 13.2. The largest absolute Gasteiger partial charge is 0.454 e. The molecule has 2 aromatic heterocycles. The zero-order valence-electron chi connectivity index (χ0n) is 18.6. The average Bonchev–Trinajstić information content (AvgIpc) is 2.81. The van der Waals surface area contributed by atoms with E-state index in [9.17, 15) is 9.59 Å². The van der Waals surface area contributed by atoms with Crippen LogP contribution in [0.4, 0.5) is 0 Å². The summed E-state index contributed by atoms with van der Waals surface area (Å²) < 4.78 is 5.56. The van der Waals surface area contributed by atoms with Crippen molar-refractivity contribution < 1.29 is 9.53 Å². The van der Waals surface area contributed by atoms with Crippen molar-refractivity contribution >= 4 is 39.4 Å². The number of nitrogens with zero attached hydrogens (tertiary/aromatic N) is 2. The van der Waals surface area contributed by atoms with Crippen LogP contribution in [-0.4, -0.2) is 20.9 Å². The Balaban J connectivity index is 1.51. The highest BCUT2D eigenvalue weighted by atomic mass is 35.5. The Kier molecular flexibility index (Phi) is 5.59. The number of benzene rings is 3. The van der Waals surface area contributed by atoms with Crippen molar-refractivity contribution in [2.45, 2.75) is 20.5 Å². The van der Waals surface area contributed by atoms with Crippen molar-refractivity contribution in [2.75, 3.05) is 0 Å². The Morgan fingerprint density at radius 2 is 1.76 bits per heavy atom. The van der Waals surface area contributed by atoms with Gasteiger partial charge in [-0.25, -0.2) is 14.8 Å². The smallest absolute Gasteiger partial charge is 0.339 e. The van der Waals surface area contributed by atoms with Crippen LogP contribution in [-0.2, 0) is 11.3 Å². The van der Waals surface area contributed by atoms with Crippen molar-refractivity contribution in [1.82, 2.24) is 15.0 Å². The van der Waals surface area contributed by atoms with Crippen LogP contribution in [0.25, 0.3) is 33.1 Å². The minimum atomic E-state index is -0.529. The number of esters is 1.